The number of benzene rings is 2. The van der Waals surface area contributed by atoms with Crippen molar-refractivity contribution in [3.8, 4) is 0 Å². The van der Waals surface area contributed by atoms with Gasteiger partial charge in [0.25, 0.3) is 23.6 Å². The number of nitrogens with zero attached hydrogens (tertiary/aromatic N) is 5. The van der Waals surface area contributed by atoms with Gasteiger partial charge in [0, 0.05) is 50.9 Å². The summed E-state index contributed by atoms with van der Waals surface area (Å²) in [6.45, 7) is 7.98. The lowest BCUT2D eigenvalue weighted by atomic mass is 9.90. The predicted molar refractivity (Wildman–Crippen MR) is 222 cm³/mol. The second kappa shape index (κ2) is 17.8. The summed E-state index contributed by atoms with van der Waals surface area (Å²) in [5, 5.41) is 15.2. The number of fused-ring (bicyclic) bond motifs is 1. The van der Waals surface area contributed by atoms with E-state index >= 15 is 0 Å². The zero-order valence-corrected chi connectivity index (χ0v) is 34.3. The largest absolute Gasteiger partial charge is 0.371 e. The second-order valence-electron chi connectivity index (χ2n) is 16.4. The summed E-state index contributed by atoms with van der Waals surface area (Å²) >= 11 is 12.4. The molecule has 4 N–H and O–H groups in total. The average Bonchev–Trinajstić information content (AvgIpc) is 3.79. The lowest BCUT2D eigenvalue weighted by Gasteiger charge is -2.39. The lowest BCUT2D eigenvalue weighted by Crippen LogP contribution is -2.54. The third-order valence-electron chi connectivity index (χ3n) is 12.7. The van der Waals surface area contributed by atoms with Gasteiger partial charge in [0.05, 0.1) is 38.6 Å². The summed E-state index contributed by atoms with van der Waals surface area (Å²) < 4.78 is 0. The molecule has 4 saturated heterocycles. The Bertz CT molecular complexity index is 2100. The molecule has 0 bridgehead atoms. The first-order valence-corrected chi connectivity index (χ1v) is 21.4. The van der Waals surface area contributed by atoms with Gasteiger partial charge in [-0.1, -0.05) is 29.3 Å². The first kappa shape index (κ1) is 40.9. The summed E-state index contributed by atoms with van der Waals surface area (Å²) in [4.78, 5) is 84.9. The minimum absolute atomic E-state index is 0.0276. The fourth-order valence-corrected chi connectivity index (χ4v) is 9.80. The Morgan fingerprint density at radius 1 is 0.780 bits per heavy atom. The standard InChI is InChI=1S/C42H49Cl2N9O6/c43-31-2-1-3-32(44)36(31)39(56)47-33-23-45-49-37(33)40(57)46-27-13-18-50(19-14-27)15-8-25-9-16-51(17-10-25)24-26-11-20-52(21-12-26)28-4-5-29-30(22-28)42(59)53(41(29)58)34-6-7-35(54)48-38(34)55/h1-5,22-23,25-27,34H,6-21,24H2,(H,45,49)(H,46,57)(H,47,56)(H,48,54,55). The molecule has 5 aliphatic heterocycles. The molecule has 4 fully saturated rings. The zero-order valence-electron chi connectivity index (χ0n) is 32.8. The first-order chi connectivity index (χ1) is 28.5. The fourth-order valence-electron chi connectivity index (χ4n) is 9.23. The number of anilines is 2. The van der Waals surface area contributed by atoms with E-state index in [-0.39, 0.29) is 57.7 Å². The third kappa shape index (κ3) is 9.03. The zero-order chi connectivity index (χ0) is 41.2. The Morgan fingerprint density at radius 3 is 2.17 bits per heavy atom. The molecule has 2 aromatic carbocycles. The van der Waals surface area contributed by atoms with Crippen molar-refractivity contribution in [2.75, 3.05) is 62.6 Å². The van der Waals surface area contributed by atoms with Gasteiger partial charge in [0.2, 0.25) is 11.8 Å². The summed E-state index contributed by atoms with van der Waals surface area (Å²) in [6, 6.07) is 9.26. The highest BCUT2D eigenvalue weighted by Gasteiger charge is 2.45. The van der Waals surface area contributed by atoms with E-state index in [2.05, 4.69) is 40.8 Å². The van der Waals surface area contributed by atoms with Gasteiger partial charge < -0.3 is 25.3 Å². The Kier molecular flexibility index (Phi) is 12.3. The number of carbonyl (C=O) groups excluding carboxylic acids is 6. The SMILES string of the molecule is O=C1CCC(N2C(=O)c3ccc(N4CCC(CN5CCC(CCN6CCC(NC(=O)c7[nH]ncc7NC(=O)c7c(Cl)cccc7Cl)CC6)CC5)CC4)cc3C2=O)C(=O)N1. The summed E-state index contributed by atoms with van der Waals surface area (Å²) in [7, 11) is 0. The van der Waals surface area contributed by atoms with Crippen molar-refractivity contribution in [1.82, 2.24) is 35.5 Å². The molecule has 8 rings (SSSR count). The van der Waals surface area contributed by atoms with Crippen molar-refractivity contribution in [3.05, 3.63) is 75.0 Å². The summed E-state index contributed by atoms with van der Waals surface area (Å²) in [6.07, 6.45) is 9.03. The highest BCUT2D eigenvalue weighted by atomic mass is 35.5. The molecule has 312 valence electrons. The molecule has 3 aromatic rings. The fraction of sp³-hybridized carbons (Fsp3) is 0.500. The monoisotopic (exact) mass is 845 g/mol. The molecule has 1 unspecified atom stereocenters. The average molecular weight is 847 g/mol. The van der Waals surface area contributed by atoms with E-state index in [1.807, 2.05) is 6.07 Å². The highest BCUT2D eigenvalue weighted by molar-refractivity contribution is 6.40. The number of nitrogens with one attached hydrogen (secondary N) is 4. The number of aromatic nitrogens is 2. The molecule has 1 atom stereocenters. The van der Waals surface area contributed by atoms with Gasteiger partial charge in [-0.15, -0.1) is 0 Å². The van der Waals surface area contributed by atoms with Crippen LogP contribution in [-0.4, -0.2) is 125 Å². The quantitative estimate of drug-likeness (QED) is 0.200. The number of likely N-dealkylation sites (tertiary alicyclic amines) is 2. The Labute approximate surface area is 352 Å². The molecule has 1 aromatic heterocycles. The van der Waals surface area contributed by atoms with Gasteiger partial charge in [-0.25, -0.2) is 0 Å². The molecule has 0 spiro atoms. The Hall–Kier alpha value is -4.83. The number of piperidine rings is 4. The van der Waals surface area contributed by atoms with Crippen LogP contribution in [0.4, 0.5) is 11.4 Å². The van der Waals surface area contributed by atoms with Crippen LogP contribution in [0.2, 0.25) is 10.0 Å². The van der Waals surface area contributed by atoms with Crippen LogP contribution in [0.5, 0.6) is 0 Å². The second-order valence-corrected chi connectivity index (χ2v) is 17.3. The van der Waals surface area contributed by atoms with Gasteiger partial charge in [-0.05, 0) is 113 Å². The molecule has 0 aliphatic carbocycles. The van der Waals surface area contributed by atoms with Gasteiger partial charge >= 0.3 is 0 Å². The van der Waals surface area contributed by atoms with Crippen LogP contribution in [0.25, 0.3) is 0 Å². The number of aromatic amines is 1. The van der Waals surface area contributed by atoms with Gasteiger partial charge in [-0.3, -0.25) is 44.1 Å². The van der Waals surface area contributed by atoms with Gasteiger partial charge in [-0.2, -0.15) is 5.10 Å². The number of hydrogen-bond donors (Lipinski definition) is 4. The van der Waals surface area contributed by atoms with Crippen molar-refractivity contribution < 1.29 is 28.8 Å². The van der Waals surface area contributed by atoms with Crippen LogP contribution in [0.15, 0.2) is 42.6 Å². The number of hydrogen-bond acceptors (Lipinski definition) is 10. The maximum absolute atomic E-state index is 13.3. The van der Waals surface area contributed by atoms with E-state index in [1.54, 1.807) is 30.3 Å². The number of amides is 6. The van der Waals surface area contributed by atoms with Crippen molar-refractivity contribution in [1.29, 1.82) is 0 Å². The topological polar surface area (TPSA) is 180 Å². The van der Waals surface area contributed by atoms with E-state index in [0.29, 0.717) is 23.0 Å². The molecule has 6 heterocycles. The van der Waals surface area contributed by atoms with E-state index in [1.165, 1.54) is 25.5 Å². The van der Waals surface area contributed by atoms with Crippen LogP contribution in [0.3, 0.4) is 0 Å². The minimum atomic E-state index is -0.965. The Balaban J connectivity index is 0.721. The summed E-state index contributed by atoms with van der Waals surface area (Å²) in [5.74, 6) is -1.47. The Morgan fingerprint density at radius 2 is 1.46 bits per heavy atom. The van der Waals surface area contributed by atoms with Gasteiger partial charge in [0.1, 0.15) is 11.7 Å². The van der Waals surface area contributed by atoms with Crippen molar-refractivity contribution in [3.63, 3.8) is 0 Å². The smallest absolute Gasteiger partial charge is 0.271 e. The molecule has 0 saturated carbocycles. The normalized spacial score (nSPS) is 21.5. The maximum Gasteiger partial charge on any atom is 0.271 e. The van der Waals surface area contributed by atoms with Crippen molar-refractivity contribution in [2.24, 2.45) is 11.8 Å². The summed E-state index contributed by atoms with van der Waals surface area (Å²) in [5.41, 5.74) is 2.11. The third-order valence-corrected chi connectivity index (χ3v) is 13.3. The number of H-pyrrole nitrogens is 1. The van der Waals surface area contributed by atoms with Crippen LogP contribution < -0.4 is 20.9 Å². The molecular weight excluding hydrogens is 797 g/mol. The van der Waals surface area contributed by atoms with Gasteiger partial charge in [0.15, 0.2) is 0 Å². The van der Waals surface area contributed by atoms with E-state index in [4.69, 9.17) is 23.2 Å². The van der Waals surface area contributed by atoms with Crippen molar-refractivity contribution in [2.45, 2.75) is 69.9 Å². The molecule has 17 heteroatoms. The molecule has 6 amide bonds. The number of carbonyl (C=O) groups is 6. The van der Waals surface area contributed by atoms with E-state index < -0.39 is 29.7 Å². The number of halogens is 2. The van der Waals surface area contributed by atoms with E-state index in [0.717, 1.165) is 88.6 Å². The predicted octanol–water partition coefficient (Wildman–Crippen LogP) is 4.58. The lowest BCUT2D eigenvalue weighted by molar-refractivity contribution is -0.136. The maximum atomic E-state index is 13.3. The van der Waals surface area contributed by atoms with Crippen LogP contribution in [-0.2, 0) is 9.59 Å². The van der Waals surface area contributed by atoms with Crippen LogP contribution >= 0.6 is 23.2 Å². The number of rotatable bonds is 11. The molecule has 0 radical (unpaired) electrons. The molecule has 5 aliphatic rings. The number of imide groups is 2. The highest BCUT2D eigenvalue weighted by Crippen LogP contribution is 2.33. The van der Waals surface area contributed by atoms with Crippen molar-refractivity contribution >= 4 is 70.0 Å². The molecular formula is C42H49Cl2N9O6. The first-order valence-electron chi connectivity index (χ1n) is 20.7. The van der Waals surface area contributed by atoms with Crippen LogP contribution in [0.1, 0.15) is 99.3 Å². The minimum Gasteiger partial charge on any atom is -0.371 e. The molecule has 15 nitrogen and oxygen atoms in total. The van der Waals surface area contributed by atoms with Crippen LogP contribution in [0, 0.1) is 11.8 Å². The molecule has 59 heavy (non-hydrogen) atoms. The van der Waals surface area contributed by atoms with E-state index in [9.17, 15) is 28.8 Å².